The van der Waals surface area contributed by atoms with E-state index in [1.807, 2.05) is 0 Å². The Hall–Kier alpha value is -1.42. The number of aliphatic hydroxyl groups excluding tert-OH is 4. The van der Waals surface area contributed by atoms with Crippen molar-refractivity contribution in [1.29, 1.82) is 0 Å². The second kappa shape index (κ2) is 11.0. The van der Waals surface area contributed by atoms with Crippen molar-refractivity contribution in [3.63, 3.8) is 0 Å². The van der Waals surface area contributed by atoms with Crippen molar-refractivity contribution >= 4 is 76.9 Å². The number of para-hydroxylation sites is 2. The third-order valence-electron chi connectivity index (χ3n) is 8.73. The summed E-state index contributed by atoms with van der Waals surface area (Å²) in [6.07, 6.45) is -5.22. The maximum Gasteiger partial charge on any atom is 0.315 e. The third-order valence-corrected chi connectivity index (χ3v) is 12.4. The van der Waals surface area contributed by atoms with E-state index in [2.05, 4.69) is 41.8 Å². The molecule has 4 heterocycles. The SMILES string of the molecule is OC[C@@]1(Br)O[C@H](O[C@@]2(O)O[C@](Br)(CO)[C@@](O)(Cl)[C@@](O)(c3c[nH]c4ccccc34)[C@H]2O)[C@H](O)[C@](O)(c2c[nH]c3ccccc23)[C@]1(O)Cl. The normalized spacial score (nSPS) is 43.4. The number of H-pyrrole nitrogens is 2. The molecule has 0 aliphatic carbocycles. The first-order valence-electron chi connectivity index (χ1n) is 13.5. The highest BCUT2D eigenvalue weighted by molar-refractivity contribution is 9.10. The fourth-order valence-corrected chi connectivity index (χ4v) is 7.79. The molecular formula is C28H28Br2Cl2N2O12. The molecule has 0 amide bonds. The van der Waals surface area contributed by atoms with Gasteiger partial charge in [-0.05, 0) is 44.0 Å². The Morgan fingerprint density at radius 3 is 1.70 bits per heavy atom. The molecule has 6 rings (SSSR count). The van der Waals surface area contributed by atoms with Crippen LogP contribution in [0.15, 0.2) is 60.9 Å². The molecule has 0 saturated carbocycles. The lowest BCUT2D eigenvalue weighted by molar-refractivity contribution is -0.516. The number of fused-ring (bicyclic) bond motifs is 2. The van der Waals surface area contributed by atoms with Gasteiger partial charge in [-0.2, -0.15) is 0 Å². The first kappa shape index (κ1) is 34.4. The molecule has 250 valence electrons. The summed E-state index contributed by atoms with van der Waals surface area (Å²) >= 11 is 18.8. The van der Waals surface area contributed by atoms with Gasteiger partial charge in [0.05, 0.1) is 13.2 Å². The van der Waals surface area contributed by atoms with Crippen LogP contribution < -0.4 is 0 Å². The summed E-state index contributed by atoms with van der Waals surface area (Å²) in [5.41, 5.74) is -5.78. The highest BCUT2D eigenvalue weighted by Crippen LogP contribution is 2.60. The van der Waals surface area contributed by atoms with Crippen molar-refractivity contribution in [3.8, 4) is 0 Å². The second-order valence-corrected chi connectivity index (χ2v) is 14.9. The van der Waals surface area contributed by atoms with Crippen molar-refractivity contribution in [1.82, 2.24) is 9.97 Å². The summed E-state index contributed by atoms with van der Waals surface area (Å²) in [7, 11) is 0. The molecule has 4 aromatic rings. The number of aliphatic hydroxyl groups is 9. The fraction of sp³-hybridized carbons (Fsp3) is 0.429. The third kappa shape index (κ3) is 4.32. The van der Waals surface area contributed by atoms with Gasteiger partial charge in [0.1, 0.15) is 6.10 Å². The van der Waals surface area contributed by atoms with E-state index in [1.165, 1.54) is 24.5 Å². The lowest BCUT2D eigenvalue weighted by Gasteiger charge is -2.60. The first-order valence-corrected chi connectivity index (χ1v) is 15.9. The molecule has 2 aromatic heterocycles. The zero-order valence-electron chi connectivity index (χ0n) is 23.2. The van der Waals surface area contributed by atoms with Crippen molar-refractivity contribution in [2.24, 2.45) is 0 Å². The quantitative estimate of drug-likeness (QED) is 0.0944. The van der Waals surface area contributed by atoms with Gasteiger partial charge in [-0.25, -0.2) is 0 Å². The summed E-state index contributed by atoms with van der Waals surface area (Å²) in [6, 6.07) is 12.8. The molecule has 2 saturated heterocycles. The Labute approximate surface area is 285 Å². The predicted octanol–water partition coefficient (Wildman–Crippen LogP) is 0.517. The monoisotopic (exact) mass is 812 g/mol. The van der Waals surface area contributed by atoms with E-state index < -0.39 is 68.0 Å². The first-order chi connectivity index (χ1) is 21.4. The highest BCUT2D eigenvalue weighted by Gasteiger charge is 2.78. The zero-order valence-corrected chi connectivity index (χ0v) is 27.9. The maximum absolute atomic E-state index is 12.1. The number of nitrogens with one attached hydrogen (secondary N) is 2. The van der Waals surface area contributed by atoms with Gasteiger partial charge < -0.3 is 60.7 Å². The van der Waals surface area contributed by atoms with Crippen LogP contribution >= 0.6 is 55.1 Å². The molecule has 2 aromatic carbocycles. The van der Waals surface area contributed by atoms with E-state index in [-0.39, 0.29) is 21.9 Å². The molecule has 11 N–H and O–H groups in total. The zero-order chi connectivity index (χ0) is 33.7. The lowest BCUT2D eigenvalue weighted by Crippen LogP contribution is -2.80. The van der Waals surface area contributed by atoms with Crippen molar-refractivity contribution in [2.75, 3.05) is 13.2 Å². The molecule has 10 atom stereocenters. The fourth-order valence-electron chi connectivity index (χ4n) is 6.15. The minimum absolute atomic E-state index is 0.199. The van der Waals surface area contributed by atoms with E-state index >= 15 is 0 Å². The van der Waals surface area contributed by atoms with Crippen LogP contribution in [0.1, 0.15) is 11.1 Å². The number of benzene rings is 2. The van der Waals surface area contributed by atoms with Gasteiger partial charge >= 0.3 is 5.97 Å². The van der Waals surface area contributed by atoms with Gasteiger partial charge in [-0.1, -0.05) is 59.6 Å². The van der Waals surface area contributed by atoms with E-state index in [1.54, 1.807) is 36.4 Å². The van der Waals surface area contributed by atoms with Gasteiger partial charge in [0.15, 0.2) is 32.6 Å². The second-order valence-electron chi connectivity index (χ2n) is 11.2. The van der Waals surface area contributed by atoms with Crippen molar-refractivity contribution in [2.45, 2.75) is 54.8 Å². The Morgan fingerprint density at radius 2 is 1.20 bits per heavy atom. The molecule has 0 bridgehead atoms. The van der Waals surface area contributed by atoms with Crippen molar-refractivity contribution in [3.05, 3.63) is 72.1 Å². The topological polar surface area (TPSA) is 241 Å². The molecule has 2 aliphatic heterocycles. The number of hydrogen-bond acceptors (Lipinski definition) is 12. The largest absolute Gasteiger partial charge is 0.392 e. The average Bonchev–Trinajstić information content (AvgIpc) is 3.66. The van der Waals surface area contributed by atoms with E-state index in [0.717, 1.165) is 0 Å². The van der Waals surface area contributed by atoms with Crippen LogP contribution in [0.3, 0.4) is 0 Å². The number of hydrogen-bond donors (Lipinski definition) is 11. The average molecular weight is 815 g/mol. The molecule has 2 aliphatic rings. The van der Waals surface area contributed by atoms with Gasteiger partial charge in [-0.3, -0.25) is 9.47 Å². The van der Waals surface area contributed by atoms with Crippen LogP contribution in [-0.2, 0) is 25.4 Å². The number of ether oxygens (including phenoxy) is 3. The summed E-state index contributed by atoms with van der Waals surface area (Å²) in [4.78, 5) is 5.71. The number of aromatic nitrogens is 2. The summed E-state index contributed by atoms with van der Waals surface area (Å²) in [5.74, 6) is -3.57. The maximum atomic E-state index is 12.1. The number of rotatable bonds is 6. The van der Waals surface area contributed by atoms with E-state index in [4.69, 9.17) is 37.4 Å². The Morgan fingerprint density at radius 1 is 0.739 bits per heavy atom. The molecule has 0 spiro atoms. The standard InChI is InChI=1S/C28H28Br2Cl2N2O12/c29-22(11-35)27(31,42)24(39,15-9-33-17-7-3-1-5-13(15)17)19(37)20(44-22)45-26(41)21(38)25(40,28(32,43)23(30,12-36)46-26)16-10-34-18-8-4-2-6-14(16)18/h1-10,19-21,33-43H,11-12H2/t19-,20+,21+,22+,23+,24+,25+,26+,27-,28-/m0/s1. The minimum atomic E-state index is -3.57. The van der Waals surface area contributed by atoms with Gasteiger partial charge in [0, 0.05) is 45.3 Å². The summed E-state index contributed by atoms with van der Waals surface area (Å²) < 4.78 is 11.3. The minimum Gasteiger partial charge on any atom is -0.392 e. The van der Waals surface area contributed by atoms with E-state index in [0.29, 0.717) is 11.0 Å². The Balaban J connectivity index is 1.50. The highest BCUT2D eigenvalue weighted by atomic mass is 79.9. The van der Waals surface area contributed by atoms with Crippen LogP contribution in [0, 0.1) is 0 Å². The lowest BCUT2D eigenvalue weighted by atomic mass is 9.76. The van der Waals surface area contributed by atoms with E-state index in [9.17, 15) is 46.0 Å². The van der Waals surface area contributed by atoms with Crippen LogP contribution in [0.25, 0.3) is 21.8 Å². The molecule has 46 heavy (non-hydrogen) atoms. The van der Waals surface area contributed by atoms with Crippen LogP contribution in [-0.4, -0.2) is 113 Å². The predicted molar refractivity (Wildman–Crippen MR) is 167 cm³/mol. The van der Waals surface area contributed by atoms with Gasteiger partial charge in [0.25, 0.3) is 0 Å². The van der Waals surface area contributed by atoms with Gasteiger partial charge in [-0.15, -0.1) is 0 Å². The smallest absolute Gasteiger partial charge is 0.315 e. The molecule has 18 heteroatoms. The molecular weight excluding hydrogens is 787 g/mol. The van der Waals surface area contributed by atoms with Crippen molar-refractivity contribution < 1.29 is 60.2 Å². The molecule has 2 fully saturated rings. The van der Waals surface area contributed by atoms with Gasteiger partial charge in [0.2, 0.25) is 10.1 Å². The summed E-state index contributed by atoms with van der Waals surface area (Å²) in [5, 5.41) is 97.3. The van der Waals surface area contributed by atoms with Crippen LogP contribution in [0.4, 0.5) is 0 Å². The van der Waals surface area contributed by atoms with Crippen LogP contribution in [0.5, 0.6) is 0 Å². The number of halogens is 4. The molecule has 0 unspecified atom stereocenters. The molecule has 14 nitrogen and oxygen atoms in total. The van der Waals surface area contributed by atoms with Crippen LogP contribution in [0.2, 0.25) is 0 Å². The Kier molecular flexibility index (Phi) is 8.27. The Bertz CT molecular complexity index is 1790. The number of alkyl halides is 4. The molecule has 0 radical (unpaired) electrons. The summed E-state index contributed by atoms with van der Waals surface area (Å²) in [6.45, 7) is -2.43. The number of aromatic amines is 2.